The number of benzene rings is 2. The highest BCUT2D eigenvalue weighted by Crippen LogP contribution is 2.21. The number of rotatable bonds is 10. The minimum atomic E-state index is -0.703. The van der Waals surface area contributed by atoms with E-state index < -0.39 is 6.10 Å². The van der Waals surface area contributed by atoms with Crippen LogP contribution in [-0.4, -0.2) is 31.8 Å². The highest BCUT2D eigenvalue weighted by atomic mass is 16.6. The van der Waals surface area contributed by atoms with Gasteiger partial charge in [-0.05, 0) is 48.2 Å². The van der Waals surface area contributed by atoms with Crippen LogP contribution in [0.3, 0.4) is 0 Å². The van der Waals surface area contributed by atoms with Crippen LogP contribution < -0.4 is 15.2 Å². The molecule has 0 saturated heterocycles. The van der Waals surface area contributed by atoms with Gasteiger partial charge in [-0.3, -0.25) is 0 Å². The molecule has 1 unspecified atom stereocenters. The van der Waals surface area contributed by atoms with E-state index in [0.29, 0.717) is 37.8 Å². The highest BCUT2D eigenvalue weighted by molar-refractivity contribution is 5.75. The quantitative estimate of drug-likeness (QED) is 0.645. The molecule has 2 rings (SSSR count). The molecule has 1 atom stereocenters. The number of hydrogen-bond acceptors (Lipinski definition) is 5. The fourth-order valence-corrected chi connectivity index (χ4v) is 2.62. The zero-order chi connectivity index (χ0) is 19.6. The van der Waals surface area contributed by atoms with Crippen molar-refractivity contribution in [1.29, 1.82) is 0 Å². The van der Waals surface area contributed by atoms with Crippen LogP contribution in [0.15, 0.2) is 48.5 Å². The molecule has 2 aromatic carbocycles. The molecule has 0 heterocycles. The molecule has 0 bridgehead atoms. The molecule has 5 nitrogen and oxygen atoms in total. The number of carbonyl (C=O) groups excluding carboxylic acids is 1. The molecule has 146 valence electrons. The van der Waals surface area contributed by atoms with Crippen LogP contribution in [0, 0.1) is 0 Å². The summed E-state index contributed by atoms with van der Waals surface area (Å²) in [4.78, 5) is 12.3. The Morgan fingerprint density at radius 2 is 1.63 bits per heavy atom. The first-order valence-corrected chi connectivity index (χ1v) is 9.38. The van der Waals surface area contributed by atoms with E-state index in [4.69, 9.17) is 19.9 Å². The van der Waals surface area contributed by atoms with Gasteiger partial charge in [0, 0.05) is 13.0 Å². The van der Waals surface area contributed by atoms with Gasteiger partial charge in [-0.1, -0.05) is 38.1 Å². The maximum Gasteiger partial charge on any atom is 0.347 e. The van der Waals surface area contributed by atoms with Crippen molar-refractivity contribution in [3.63, 3.8) is 0 Å². The molecule has 0 aliphatic rings. The van der Waals surface area contributed by atoms with E-state index in [-0.39, 0.29) is 5.97 Å². The molecular weight excluding hydrogens is 342 g/mol. The van der Waals surface area contributed by atoms with Crippen LogP contribution in [0.5, 0.6) is 11.5 Å². The van der Waals surface area contributed by atoms with E-state index in [1.165, 1.54) is 5.56 Å². The topological polar surface area (TPSA) is 70.8 Å². The lowest BCUT2D eigenvalue weighted by Crippen LogP contribution is -2.31. The Bertz CT molecular complexity index is 695. The molecule has 0 aromatic heterocycles. The Labute approximate surface area is 161 Å². The Morgan fingerprint density at radius 3 is 2.19 bits per heavy atom. The lowest BCUT2D eigenvalue weighted by atomic mass is 10.0. The van der Waals surface area contributed by atoms with Crippen molar-refractivity contribution >= 4 is 5.97 Å². The van der Waals surface area contributed by atoms with Gasteiger partial charge in [0.05, 0.1) is 6.61 Å². The van der Waals surface area contributed by atoms with Gasteiger partial charge in [-0.15, -0.1) is 0 Å². The Morgan fingerprint density at radius 1 is 1.00 bits per heavy atom. The second kappa shape index (κ2) is 10.6. The third kappa shape index (κ3) is 6.61. The third-order valence-corrected chi connectivity index (χ3v) is 4.11. The van der Waals surface area contributed by atoms with Crippen molar-refractivity contribution in [3.05, 3.63) is 59.7 Å². The molecule has 0 radical (unpaired) electrons. The van der Waals surface area contributed by atoms with Gasteiger partial charge in [0.1, 0.15) is 18.1 Å². The molecule has 0 saturated carbocycles. The van der Waals surface area contributed by atoms with Crippen LogP contribution >= 0.6 is 0 Å². The smallest absolute Gasteiger partial charge is 0.347 e. The van der Waals surface area contributed by atoms with Gasteiger partial charge < -0.3 is 19.9 Å². The van der Waals surface area contributed by atoms with Crippen molar-refractivity contribution in [2.24, 2.45) is 5.73 Å². The van der Waals surface area contributed by atoms with E-state index in [1.54, 1.807) is 6.92 Å². The first-order chi connectivity index (χ1) is 13.0. The Hall–Kier alpha value is -2.53. The molecule has 0 aliphatic heterocycles. The largest absolute Gasteiger partial charge is 0.492 e. The molecule has 0 amide bonds. The SMILES string of the molecule is CCOC(=O)C(Cc1ccc(OCCN)cc1)Oc1ccc(C(C)C)cc1. The molecule has 2 N–H and O–H groups in total. The van der Waals surface area contributed by atoms with Gasteiger partial charge in [0.25, 0.3) is 0 Å². The van der Waals surface area contributed by atoms with Crippen LogP contribution in [0.4, 0.5) is 0 Å². The number of esters is 1. The second-order valence-corrected chi connectivity index (χ2v) is 6.57. The predicted molar refractivity (Wildman–Crippen MR) is 106 cm³/mol. The summed E-state index contributed by atoms with van der Waals surface area (Å²) in [5.41, 5.74) is 7.63. The average molecular weight is 371 g/mol. The van der Waals surface area contributed by atoms with Crippen LogP contribution in [-0.2, 0) is 16.0 Å². The molecule has 2 aromatic rings. The first-order valence-electron chi connectivity index (χ1n) is 9.38. The van der Waals surface area contributed by atoms with Crippen LogP contribution in [0.25, 0.3) is 0 Å². The van der Waals surface area contributed by atoms with Crippen LogP contribution in [0.1, 0.15) is 37.8 Å². The zero-order valence-electron chi connectivity index (χ0n) is 16.3. The lowest BCUT2D eigenvalue weighted by molar-refractivity contribution is -0.151. The van der Waals surface area contributed by atoms with Crippen molar-refractivity contribution in [2.45, 2.75) is 39.2 Å². The molecule has 0 aliphatic carbocycles. The summed E-state index contributed by atoms with van der Waals surface area (Å²) in [6.07, 6.45) is -0.285. The van der Waals surface area contributed by atoms with Crippen molar-refractivity contribution < 1.29 is 19.0 Å². The molecule has 0 spiro atoms. The fourth-order valence-electron chi connectivity index (χ4n) is 2.62. The summed E-state index contributed by atoms with van der Waals surface area (Å²) in [5, 5.41) is 0. The Balaban J connectivity index is 2.08. The molecule has 0 fully saturated rings. The van der Waals surface area contributed by atoms with E-state index >= 15 is 0 Å². The van der Waals surface area contributed by atoms with Crippen molar-refractivity contribution in [3.8, 4) is 11.5 Å². The van der Waals surface area contributed by atoms with Crippen molar-refractivity contribution in [2.75, 3.05) is 19.8 Å². The summed E-state index contributed by atoms with van der Waals surface area (Å²) in [6, 6.07) is 15.4. The molecule has 27 heavy (non-hydrogen) atoms. The number of hydrogen-bond donors (Lipinski definition) is 1. The maximum absolute atomic E-state index is 12.3. The number of ether oxygens (including phenoxy) is 3. The van der Waals surface area contributed by atoms with Gasteiger partial charge in [-0.2, -0.15) is 0 Å². The van der Waals surface area contributed by atoms with Gasteiger partial charge in [0.15, 0.2) is 6.10 Å². The zero-order valence-corrected chi connectivity index (χ0v) is 16.3. The molecular formula is C22H29NO4. The average Bonchev–Trinajstić information content (AvgIpc) is 2.67. The second-order valence-electron chi connectivity index (χ2n) is 6.57. The summed E-state index contributed by atoms with van der Waals surface area (Å²) >= 11 is 0. The normalized spacial score (nSPS) is 11.9. The highest BCUT2D eigenvalue weighted by Gasteiger charge is 2.22. The fraction of sp³-hybridized carbons (Fsp3) is 0.409. The monoisotopic (exact) mass is 371 g/mol. The molecule has 5 heteroatoms. The van der Waals surface area contributed by atoms with E-state index in [1.807, 2.05) is 48.5 Å². The van der Waals surface area contributed by atoms with Crippen molar-refractivity contribution in [1.82, 2.24) is 0 Å². The van der Waals surface area contributed by atoms with E-state index in [2.05, 4.69) is 13.8 Å². The first kappa shape index (κ1) is 20.8. The van der Waals surface area contributed by atoms with Gasteiger partial charge in [-0.25, -0.2) is 4.79 Å². The summed E-state index contributed by atoms with van der Waals surface area (Å²) < 4.78 is 16.6. The van der Waals surface area contributed by atoms with Crippen LogP contribution in [0.2, 0.25) is 0 Å². The van der Waals surface area contributed by atoms with E-state index in [9.17, 15) is 4.79 Å². The maximum atomic E-state index is 12.3. The predicted octanol–water partition coefficient (Wildman–Crippen LogP) is 3.70. The minimum Gasteiger partial charge on any atom is -0.492 e. The van der Waals surface area contributed by atoms with Gasteiger partial charge >= 0.3 is 5.97 Å². The Kier molecular flexibility index (Phi) is 8.14. The minimum absolute atomic E-state index is 0.316. The van der Waals surface area contributed by atoms with Gasteiger partial charge in [0.2, 0.25) is 0 Å². The lowest BCUT2D eigenvalue weighted by Gasteiger charge is -2.18. The number of nitrogens with two attached hydrogens (primary N) is 1. The number of carbonyl (C=O) groups is 1. The standard InChI is InChI=1S/C22H29NO4/c1-4-25-22(24)21(27-20-11-7-18(8-12-20)16(2)3)15-17-5-9-19(10-6-17)26-14-13-23/h5-12,16,21H,4,13-15,23H2,1-3H3. The summed E-state index contributed by atoms with van der Waals surface area (Å²) in [6.45, 7) is 7.32. The summed E-state index contributed by atoms with van der Waals surface area (Å²) in [5.74, 6) is 1.48. The van der Waals surface area contributed by atoms with E-state index in [0.717, 1.165) is 11.3 Å². The third-order valence-electron chi connectivity index (χ3n) is 4.11. The summed E-state index contributed by atoms with van der Waals surface area (Å²) in [7, 11) is 0.